The van der Waals surface area contributed by atoms with E-state index in [1.807, 2.05) is 0 Å². The van der Waals surface area contributed by atoms with Gasteiger partial charge in [0.15, 0.2) is 0 Å². The summed E-state index contributed by atoms with van der Waals surface area (Å²) in [6.07, 6.45) is 1.10. The third-order valence-corrected chi connectivity index (χ3v) is 1.89. The van der Waals surface area contributed by atoms with Crippen molar-refractivity contribution in [1.82, 2.24) is 0 Å². The van der Waals surface area contributed by atoms with Crippen LogP contribution < -0.4 is 5.73 Å². The molecular formula is C10H7NO3. The number of carbonyl (C=O) groups is 2. The summed E-state index contributed by atoms with van der Waals surface area (Å²) in [6.45, 7) is 0. The highest BCUT2D eigenvalue weighted by molar-refractivity contribution is 6.06. The maximum atomic E-state index is 11.2. The number of esters is 1. The van der Waals surface area contributed by atoms with Crippen molar-refractivity contribution in [1.29, 1.82) is 0 Å². The fraction of sp³-hybridized carbons (Fsp3) is 0. The number of carbonyl (C=O) groups excluding carboxylic acids is 2. The molecule has 4 heteroatoms. The summed E-state index contributed by atoms with van der Waals surface area (Å²) in [7, 11) is 0. The number of hydrogen-bond donors (Lipinski definition) is 1. The van der Waals surface area contributed by atoms with Gasteiger partial charge >= 0.3 is 5.97 Å². The molecule has 1 aromatic rings. The lowest BCUT2D eigenvalue weighted by molar-refractivity contribution is -0.113. The zero-order chi connectivity index (χ0) is 10.1. The minimum Gasteiger partial charge on any atom is -0.422 e. The number of hydrogen-bond acceptors (Lipinski definition) is 3. The van der Waals surface area contributed by atoms with Crippen LogP contribution in [0.4, 0.5) is 0 Å². The largest absolute Gasteiger partial charge is 0.422 e. The number of cyclic esters (lactones) is 1. The van der Waals surface area contributed by atoms with Crippen LogP contribution in [0.2, 0.25) is 0 Å². The van der Waals surface area contributed by atoms with E-state index in [1.54, 1.807) is 24.3 Å². The maximum absolute atomic E-state index is 11.2. The summed E-state index contributed by atoms with van der Waals surface area (Å²) in [5.41, 5.74) is 6.03. The second-order valence-corrected chi connectivity index (χ2v) is 2.85. The van der Waals surface area contributed by atoms with Gasteiger partial charge in [-0.05, 0) is 6.07 Å². The quantitative estimate of drug-likeness (QED) is 0.521. The molecule has 0 radical (unpaired) electrons. The van der Waals surface area contributed by atoms with Crippen LogP contribution in [0.3, 0.4) is 0 Å². The topological polar surface area (TPSA) is 69.4 Å². The zero-order valence-corrected chi connectivity index (χ0v) is 7.19. The van der Waals surface area contributed by atoms with Gasteiger partial charge in [0.25, 0.3) is 0 Å². The van der Waals surface area contributed by atoms with Crippen molar-refractivity contribution in [2.45, 2.75) is 0 Å². The molecule has 4 nitrogen and oxygen atoms in total. The predicted molar refractivity (Wildman–Crippen MR) is 49.0 cm³/mol. The summed E-state index contributed by atoms with van der Waals surface area (Å²) in [4.78, 5) is 21.9. The number of nitrogens with two attached hydrogens (primary N) is 1. The summed E-state index contributed by atoms with van der Waals surface area (Å²) >= 11 is 0. The molecule has 1 amide bonds. The van der Waals surface area contributed by atoms with E-state index in [1.165, 1.54) is 0 Å². The Kier molecular flexibility index (Phi) is 1.81. The van der Waals surface area contributed by atoms with E-state index >= 15 is 0 Å². The number of primary amides is 1. The monoisotopic (exact) mass is 189 g/mol. The summed E-state index contributed by atoms with van der Waals surface area (Å²) < 4.78 is 4.86. The molecule has 0 aromatic heterocycles. The van der Waals surface area contributed by atoms with Gasteiger partial charge in [-0.2, -0.15) is 0 Å². The van der Waals surface area contributed by atoms with E-state index < -0.39 is 11.9 Å². The molecular weight excluding hydrogens is 182 g/mol. The van der Waals surface area contributed by atoms with Gasteiger partial charge in [0, 0.05) is 11.6 Å². The van der Waals surface area contributed by atoms with Crippen molar-refractivity contribution in [3.8, 4) is 0 Å². The summed E-state index contributed by atoms with van der Waals surface area (Å²) in [6, 6.07) is 6.83. The van der Waals surface area contributed by atoms with Gasteiger partial charge in [0.05, 0.1) is 5.56 Å². The van der Waals surface area contributed by atoms with E-state index in [0.29, 0.717) is 11.1 Å². The first-order valence-electron chi connectivity index (χ1n) is 4.01. The van der Waals surface area contributed by atoms with Crippen molar-refractivity contribution in [3.05, 3.63) is 41.5 Å². The third-order valence-electron chi connectivity index (χ3n) is 1.89. The number of fused-ring (bicyclic) bond motifs is 1. The van der Waals surface area contributed by atoms with Crippen LogP contribution in [-0.4, -0.2) is 11.9 Å². The molecule has 1 aromatic carbocycles. The van der Waals surface area contributed by atoms with Crippen LogP contribution in [-0.2, 0) is 9.53 Å². The Balaban J connectivity index is 2.54. The van der Waals surface area contributed by atoms with Gasteiger partial charge in [0.2, 0.25) is 5.91 Å². The van der Waals surface area contributed by atoms with E-state index in [2.05, 4.69) is 0 Å². The standard InChI is InChI=1S/C10H7NO3/c11-9(12)5-8-6-3-1-2-4-7(6)10(13)14-8/h1-5H,(H2,11,12). The Hall–Kier alpha value is -2.10. The van der Waals surface area contributed by atoms with Crippen LogP contribution in [0.15, 0.2) is 30.3 Å². The number of rotatable bonds is 1. The molecule has 70 valence electrons. The van der Waals surface area contributed by atoms with Crippen molar-refractivity contribution in [2.24, 2.45) is 5.73 Å². The first kappa shape index (κ1) is 8.50. The third kappa shape index (κ3) is 1.26. The molecule has 2 rings (SSSR count). The van der Waals surface area contributed by atoms with Gasteiger partial charge in [-0.15, -0.1) is 0 Å². The Morgan fingerprint density at radius 1 is 1.29 bits per heavy atom. The average molecular weight is 189 g/mol. The van der Waals surface area contributed by atoms with Crippen molar-refractivity contribution >= 4 is 17.6 Å². The Labute approximate surface area is 80.0 Å². The first-order chi connectivity index (χ1) is 6.68. The Morgan fingerprint density at radius 2 is 1.93 bits per heavy atom. The fourth-order valence-electron chi connectivity index (χ4n) is 1.32. The van der Waals surface area contributed by atoms with Crippen molar-refractivity contribution in [2.75, 3.05) is 0 Å². The molecule has 0 bridgehead atoms. The van der Waals surface area contributed by atoms with Crippen LogP contribution >= 0.6 is 0 Å². The fourth-order valence-corrected chi connectivity index (χ4v) is 1.32. The van der Waals surface area contributed by atoms with Crippen LogP contribution in [0.1, 0.15) is 15.9 Å². The SMILES string of the molecule is NC(=O)C=C1OC(=O)c2ccccc21. The van der Waals surface area contributed by atoms with Gasteiger partial charge in [0.1, 0.15) is 5.76 Å². The van der Waals surface area contributed by atoms with Gasteiger partial charge in [-0.1, -0.05) is 18.2 Å². The van der Waals surface area contributed by atoms with Gasteiger partial charge in [-0.3, -0.25) is 4.79 Å². The zero-order valence-electron chi connectivity index (χ0n) is 7.19. The summed E-state index contributed by atoms with van der Waals surface area (Å²) in [5.74, 6) is -0.865. The highest BCUT2D eigenvalue weighted by Gasteiger charge is 2.25. The van der Waals surface area contributed by atoms with E-state index in [9.17, 15) is 9.59 Å². The average Bonchev–Trinajstić information content (AvgIpc) is 2.44. The van der Waals surface area contributed by atoms with E-state index in [-0.39, 0.29) is 5.76 Å². The second kappa shape index (κ2) is 2.99. The van der Waals surface area contributed by atoms with Gasteiger partial charge in [-0.25, -0.2) is 4.79 Å². The lowest BCUT2D eigenvalue weighted by Gasteiger charge is -1.94. The van der Waals surface area contributed by atoms with Crippen LogP contribution in [0.5, 0.6) is 0 Å². The lowest BCUT2D eigenvalue weighted by atomic mass is 10.1. The Morgan fingerprint density at radius 3 is 2.57 bits per heavy atom. The smallest absolute Gasteiger partial charge is 0.344 e. The van der Waals surface area contributed by atoms with Crippen LogP contribution in [0.25, 0.3) is 5.76 Å². The minimum absolute atomic E-state index is 0.220. The molecule has 14 heavy (non-hydrogen) atoms. The molecule has 0 spiro atoms. The normalized spacial score (nSPS) is 16.6. The molecule has 0 fully saturated rings. The van der Waals surface area contributed by atoms with Gasteiger partial charge < -0.3 is 10.5 Å². The highest BCUT2D eigenvalue weighted by Crippen LogP contribution is 2.28. The second-order valence-electron chi connectivity index (χ2n) is 2.85. The minimum atomic E-state index is -0.635. The molecule has 1 heterocycles. The maximum Gasteiger partial charge on any atom is 0.344 e. The van der Waals surface area contributed by atoms with Crippen molar-refractivity contribution < 1.29 is 14.3 Å². The molecule has 1 aliphatic heterocycles. The van der Waals surface area contributed by atoms with Crippen LogP contribution in [0, 0.1) is 0 Å². The first-order valence-corrected chi connectivity index (χ1v) is 4.01. The number of amides is 1. The lowest BCUT2D eigenvalue weighted by Crippen LogP contribution is -2.07. The molecule has 2 N–H and O–H groups in total. The Bertz CT molecular complexity index is 448. The highest BCUT2D eigenvalue weighted by atomic mass is 16.5. The molecule has 0 unspecified atom stereocenters. The molecule has 0 aliphatic carbocycles. The van der Waals surface area contributed by atoms with E-state index in [4.69, 9.17) is 10.5 Å². The molecule has 1 aliphatic rings. The van der Waals surface area contributed by atoms with E-state index in [0.717, 1.165) is 6.08 Å². The molecule has 0 saturated heterocycles. The summed E-state index contributed by atoms with van der Waals surface area (Å²) in [5, 5.41) is 0. The molecule has 0 atom stereocenters. The predicted octanol–water partition coefficient (Wildman–Crippen LogP) is 0.683. The molecule has 0 saturated carbocycles. The van der Waals surface area contributed by atoms with Crippen molar-refractivity contribution in [3.63, 3.8) is 0 Å². The number of benzene rings is 1. The number of ether oxygens (including phenoxy) is 1.